The molecule has 4 heteroatoms. The lowest BCUT2D eigenvalue weighted by atomic mass is 10.0. The first-order valence-corrected chi connectivity index (χ1v) is 10.5. The van der Waals surface area contributed by atoms with Crippen LogP contribution in [0.3, 0.4) is 0 Å². The second-order valence-electron chi connectivity index (χ2n) is 7.50. The molecule has 3 aromatic carbocycles. The Labute approximate surface area is 178 Å². The molecule has 0 radical (unpaired) electrons. The average molecular weight is 397 g/mol. The van der Waals surface area contributed by atoms with Gasteiger partial charge in [0.15, 0.2) is 0 Å². The molecule has 3 aromatic rings. The third-order valence-corrected chi connectivity index (χ3v) is 5.30. The molecule has 0 saturated heterocycles. The number of hydrogen-bond acceptors (Lipinski definition) is 4. The number of rotatable bonds is 6. The quantitative estimate of drug-likeness (QED) is 0.483. The van der Waals surface area contributed by atoms with Gasteiger partial charge in [-0.2, -0.15) is 0 Å². The van der Waals surface area contributed by atoms with E-state index in [1.807, 2.05) is 24.3 Å². The van der Waals surface area contributed by atoms with Gasteiger partial charge < -0.3 is 16.0 Å². The smallest absolute Gasteiger partial charge is 0.147 e. The lowest BCUT2D eigenvalue weighted by Crippen LogP contribution is -2.30. The molecule has 152 valence electrons. The fourth-order valence-electron chi connectivity index (χ4n) is 3.70. The number of anilines is 2. The molecule has 0 saturated carbocycles. The van der Waals surface area contributed by atoms with Crippen molar-refractivity contribution in [3.63, 3.8) is 0 Å². The zero-order valence-corrected chi connectivity index (χ0v) is 17.6. The zero-order chi connectivity index (χ0) is 20.9. The number of nitrogens with one attached hydrogen (secondary N) is 3. The summed E-state index contributed by atoms with van der Waals surface area (Å²) in [5, 5.41) is 10.6. The largest absolute Gasteiger partial charge is 0.385 e. The molecule has 0 aliphatic carbocycles. The third kappa shape index (κ3) is 4.08. The summed E-state index contributed by atoms with van der Waals surface area (Å²) >= 11 is 0. The van der Waals surface area contributed by atoms with Crippen molar-refractivity contribution < 1.29 is 0 Å². The molecule has 4 nitrogen and oxygen atoms in total. The summed E-state index contributed by atoms with van der Waals surface area (Å²) < 4.78 is 0. The second kappa shape index (κ2) is 8.87. The number of para-hydroxylation sites is 2. The van der Waals surface area contributed by atoms with Crippen molar-refractivity contribution in [3.8, 4) is 0 Å². The third-order valence-electron chi connectivity index (χ3n) is 5.30. The van der Waals surface area contributed by atoms with Crippen molar-refractivity contribution in [3.05, 3.63) is 102 Å². The van der Waals surface area contributed by atoms with Crippen molar-refractivity contribution in [1.82, 2.24) is 5.32 Å². The number of aryl methyl sites for hydroxylation is 1. The van der Waals surface area contributed by atoms with Gasteiger partial charge in [-0.25, -0.2) is 4.99 Å². The minimum Gasteiger partial charge on any atom is -0.385 e. The van der Waals surface area contributed by atoms with E-state index in [1.54, 1.807) is 0 Å². The Hall–Kier alpha value is -3.53. The number of amidine groups is 1. The lowest BCUT2D eigenvalue weighted by molar-refractivity contribution is 0.812. The molecule has 1 aliphatic heterocycles. The zero-order valence-electron chi connectivity index (χ0n) is 17.6. The molecule has 3 N–H and O–H groups in total. The van der Waals surface area contributed by atoms with Crippen molar-refractivity contribution in [2.75, 3.05) is 17.2 Å². The molecule has 0 amide bonds. The van der Waals surface area contributed by atoms with Crippen LogP contribution in [0.4, 0.5) is 11.4 Å². The molecule has 1 heterocycles. The van der Waals surface area contributed by atoms with Crippen LogP contribution in [0.5, 0.6) is 0 Å². The van der Waals surface area contributed by atoms with Crippen molar-refractivity contribution in [1.29, 1.82) is 0 Å². The van der Waals surface area contributed by atoms with Crippen LogP contribution >= 0.6 is 0 Å². The van der Waals surface area contributed by atoms with Crippen molar-refractivity contribution >= 4 is 22.9 Å². The van der Waals surface area contributed by atoms with Crippen LogP contribution in [0.2, 0.25) is 0 Å². The number of fused-ring (bicyclic) bond motifs is 1. The minimum atomic E-state index is -0.148. The van der Waals surface area contributed by atoms with Gasteiger partial charge in [0.1, 0.15) is 12.0 Å². The lowest BCUT2D eigenvalue weighted by Gasteiger charge is -2.28. The van der Waals surface area contributed by atoms with Crippen LogP contribution in [0.1, 0.15) is 41.8 Å². The Kier molecular flexibility index (Phi) is 5.84. The Bertz CT molecular complexity index is 1080. The van der Waals surface area contributed by atoms with Crippen LogP contribution in [-0.4, -0.2) is 12.4 Å². The number of hydrogen-bond donors (Lipinski definition) is 3. The topological polar surface area (TPSA) is 48.5 Å². The van der Waals surface area contributed by atoms with Crippen LogP contribution in [0.15, 0.2) is 84.4 Å². The van der Waals surface area contributed by atoms with E-state index in [9.17, 15) is 0 Å². The van der Waals surface area contributed by atoms with Crippen LogP contribution in [-0.2, 0) is 0 Å². The van der Waals surface area contributed by atoms with E-state index in [1.165, 1.54) is 11.1 Å². The highest BCUT2D eigenvalue weighted by Gasteiger charge is 2.23. The molecular formula is C26H28N4. The summed E-state index contributed by atoms with van der Waals surface area (Å²) in [5.41, 5.74) is 7.45. The van der Waals surface area contributed by atoms with Gasteiger partial charge in [-0.15, -0.1) is 0 Å². The maximum atomic E-state index is 5.02. The summed E-state index contributed by atoms with van der Waals surface area (Å²) in [6.45, 7) is 9.53. The highest BCUT2D eigenvalue weighted by molar-refractivity contribution is 6.08. The van der Waals surface area contributed by atoms with Crippen molar-refractivity contribution in [2.45, 2.75) is 26.4 Å². The molecule has 0 bridgehead atoms. The Morgan fingerprint density at radius 2 is 1.73 bits per heavy atom. The molecule has 30 heavy (non-hydrogen) atoms. The maximum absolute atomic E-state index is 5.02. The van der Waals surface area contributed by atoms with E-state index < -0.39 is 0 Å². The SMILES string of the molecule is C=C(NC1=NC(c2ccccc2C)Nc2ccccc21)c1ccccc1NCCC. The Morgan fingerprint density at radius 3 is 2.57 bits per heavy atom. The summed E-state index contributed by atoms with van der Waals surface area (Å²) in [5.74, 6) is 0.827. The van der Waals surface area contributed by atoms with Gasteiger partial charge in [0.2, 0.25) is 0 Å². The van der Waals surface area contributed by atoms with Crippen molar-refractivity contribution in [2.24, 2.45) is 4.99 Å². The van der Waals surface area contributed by atoms with Gasteiger partial charge >= 0.3 is 0 Å². The van der Waals surface area contributed by atoms with E-state index >= 15 is 0 Å². The number of benzene rings is 3. The normalized spacial score (nSPS) is 14.9. The summed E-state index contributed by atoms with van der Waals surface area (Å²) in [6, 6.07) is 24.9. The van der Waals surface area contributed by atoms with E-state index in [0.29, 0.717) is 0 Å². The minimum absolute atomic E-state index is 0.148. The van der Waals surface area contributed by atoms with E-state index in [0.717, 1.165) is 47.0 Å². The van der Waals surface area contributed by atoms with Gasteiger partial charge in [0.25, 0.3) is 0 Å². The average Bonchev–Trinajstić information content (AvgIpc) is 2.78. The Morgan fingerprint density at radius 1 is 1.00 bits per heavy atom. The maximum Gasteiger partial charge on any atom is 0.147 e. The standard InChI is InChI=1S/C26H28N4/c1-4-17-27-23-15-9-7-13-21(23)19(3)28-26-22-14-8-10-16-24(22)29-25(30-26)20-12-6-5-11-18(20)2/h5-16,25,27,29H,3-4,17H2,1-2H3,(H,28,30). The first kappa shape index (κ1) is 19.8. The van der Waals surface area contributed by atoms with Gasteiger partial charge in [-0.1, -0.05) is 68.1 Å². The summed E-state index contributed by atoms with van der Waals surface area (Å²) in [7, 11) is 0. The van der Waals surface area contributed by atoms with Crippen LogP contribution in [0, 0.1) is 6.92 Å². The predicted octanol–water partition coefficient (Wildman–Crippen LogP) is 5.95. The molecule has 1 unspecified atom stereocenters. The second-order valence-corrected chi connectivity index (χ2v) is 7.50. The predicted molar refractivity (Wildman–Crippen MR) is 128 cm³/mol. The van der Waals surface area contributed by atoms with Crippen LogP contribution < -0.4 is 16.0 Å². The first-order chi connectivity index (χ1) is 14.7. The molecule has 1 atom stereocenters. The first-order valence-electron chi connectivity index (χ1n) is 10.5. The number of aliphatic imine (C=N–C) groups is 1. The fourth-order valence-corrected chi connectivity index (χ4v) is 3.70. The number of nitrogens with zero attached hydrogens (tertiary/aromatic N) is 1. The highest BCUT2D eigenvalue weighted by Crippen LogP contribution is 2.31. The fraction of sp³-hybridized carbons (Fsp3) is 0.192. The molecule has 0 spiro atoms. The van der Waals surface area contributed by atoms with E-state index in [2.05, 4.69) is 84.9 Å². The molecule has 1 aliphatic rings. The molecular weight excluding hydrogens is 368 g/mol. The summed E-state index contributed by atoms with van der Waals surface area (Å²) in [4.78, 5) is 5.02. The highest BCUT2D eigenvalue weighted by atomic mass is 15.2. The monoisotopic (exact) mass is 396 g/mol. The van der Waals surface area contributed by atoms with Gasteiger partial charge in [-0.3, -0.25) is 0 Å². The van der Waals surface area contributed by atoms with E-state index in [4.69, 9.17) is 4.99 Å². The molecule has 4 rings (SSSR count). The summed E-state index contributed by atoms with van der Waals surface area (Å²) in [6.07, 6.45) is 0.919. The van der Waals surface area contributed by atoms with E-state index in [-0.39, 0.29) is 6.17 Å². The Balaban J connectivity index is 1.68. The molecule has 0 aromatic heterocycles. The van der Waals surface area contributed by atoms with Crippen LogP contribution in [0.25, 0.3) is 5.70 Å². The van der Waals surface area contributed by atoms with Gasteiger partial charge in [0, 0.05) is 34.7 Å². The van der Waals surface area contributed by atoms with Gasteiger partial charge in [-0.05, 0) is 42.7 Å². The van der Waals surface area contributed by atoms with Gasteiger partial charge in [0.05, 0.1) is 0 Å². The molecule has 0 fully saturated rings.